The molecule has 2 aromatic carbocycles. The highest BCUT2D eigenvalue weighted by Crippen LogP contribution is 2.24. The summed E-state index contributed by atoms with van der Waals surface area (Å²) in [5.74, 6) is 0.756. The molecule has 0 unspecified atom stereocenters. The lowest BCUT2D eigenvalue weighted by atomic mass is 9.99. The predicted octanol–water partition coefficient (Wildman–Crippen LogP) is 4.69. The van der Waals surface area contributed by atoms with Crippen LogP contribution in [0.4, 0.5) is 0 Å². The molecule has 3 aromatic rings. The van der Waals surface area contributed by atoms with Gasteiger partial charge in [0.1, 0.15) is 10.3 Å². The van der Waals surface area contributed by atoms with Gasteiger partial charge in [-0.3, -0.25) is 9.36 Å². The first-order valence-corrected chi connectivity index (χ1v) is 10.2. The van der Waals surface area contributed by atoms with E-state index < -0.39 is 0 Å². The Bertz CT molecular complexity index is 1100. The van der Waals surface area contributed by atoms with Gasteiger partial charge >= 0.3 is 0 Å². The van der Waals surface area contributed by atoms with Crippen LogP contribution in [0, 0.1) is 11.3 Å². The Balaban J connectivity index is 1.95. The van der Waals surface area contributed by atoms with Crippen molar-refractivity contribution in [1.29, 1.82) is 5.26 Å². The van der Waals surface area contributed by atoms with Gasteiger partial charge in [-0.2, -0.15) is 5.26 Å². The van der Waals surface area contributed by atoms with Crippen LogP contribution in [0.25, 0.3) is 11.1 Å². The van der Waals surface area contributed by atoms with E-state index in [1.165, 1.54) is 0 Å². The van der Waals surface area contributed by atoms with Crippen molar-refractivity contribution < 1.29 is 4.74 Å². The Morgan fingerprint density at radius 3 is 2.55 bits per heavy atom. The van der Waals surface area contributed by atoms with E-state index in [9.17, 15) is 10.1 Å². The van der Waals surface area contributed by atoms with Crippen molar-refractivity contribution in [3.63, 3.8) is 0 Å². The monoisotopic (exact) mass is 451 g/mol. The van der Waals surface area contributed by atoms with Crippen molar-refractivity contribution in [1.82, 2.24) is 9.55 Å². The Kier molecular flexibility index (Phi) is 6.97. The quantitative estimate of drug-likeness (QED) is 0.522. The molecule has 0 saturated heterocycles. The maximum atomic E-state index is 12.9. The van der Waals surface area contributed by atoms with Crippen LogP contribution in [-0.4, -0.2) is 16.7 Å². The van der Waals surface area contributed by atoms with Crippen LogP contribution >= 0.6 is 15.9 Å². The molecule has 0 aliphatic carbocycles. The van der Waals surface area contributed by atoms with Crippen LogP contribution in [0.1, 0.15) is 36.0 Å². The average molecular weight is 452 g/mol. The third-order valence-corrected chi connectivity index (χ3v) is 5.47. The molecule has 0 amide bonds. The molecular formula is C23H22BrN3O2. The number of ether oxygens (including phenoxy) is 1. The van der Waals surface area contributed by atoms with E-state index in [-0.39, 0.29) is 5.56 Å². The molecule has 1 heterocycles. The summed E-state index contributed by atoms with van der Waals surface area (Å²) in [5.41, 5.74) is 4.04. The van der Waals surface area contributed by atoms with Gasteiger partial charge in [-0.1, -0.05) is 49.4 Å². The maximum absolute atomic E-state index is 12.9. The molecule has 0 N–H and O–H groups in total. The van der Waals surface area contributed by atoms with Crippen molar-refractivity contribution in [2.45, 2.75) is 32.9 Å². The third kappa shape index (κ3) is 4.64. The fourth-order valence-electron chi connectivity index (χ4n) is 3.24. The highest BCUT2D eigenvalue weighted by Gasteiger charge is 2.15. The average Bonchev–Trinajstić information content (AvgIpc) is 2.75. The first kappa shape index (κ1) is 21.0. The van der Waals surface area contributed by atoms with Gasteiger partial charge in [0.25, 0.3) is 5.56 Å². The van der Waals surface area contributed by atoms with E-state index in [4.69, 9.17) is 4.74 Å². The SMILES string of the molecule is CCCc1nc(COC)c(Br)c(=O)n1Cc1ccc(-c2ccccc2C#N)cc1. The number of aromatic nitrogens is 2. The van der Waals surface area contributed by atoms with Crippen molar-refractivity contribution in [3.8, 4) is 17.2 Å². The first-order valence-electron chi connectivity index (χ1n) is 9.44. The number of hydrogen-bond acceptors (Lipinski definition) is 4. The molecule has 29 heavy (non-hydrogen) atoms. The number of nitrogens with zero attached hydrogens (tertiary/aromatic N) is 3. The lowest BCUT2D eigenvalue weighted by Crippen LogP contribution is -2.28. The molecule has 1 aromatic heterocycles. The molecular weight excluding hydrogens is 430 g/mol. The summed E-state index contributed by atoms with van der Waals surface area (Å²) in [6.07, 6.45) is 1.61. The van der Waals surface area contributed by atoms with Crippen molar-refractivity contribution in [3.05, 3.63) is 86.0 Å². The van der Waals surface area contributed by atoms with Gasteiger partial charge in [0.05, 0.1) is 30.5 Å². The Morgan fingerprint density at radius 1 is 1.17 bits per heavy atom. The third-order valence-electron chi connectivity index (χ3n) is 4.67. The molecule has 148 valence electrons. The van der Waals surface area contributed by atoms with Gasteiger partial charge in [0.2, 0.25) is 0 Å². The highest BCUT2D eigenvalue weighted by atomic mass is 79.9. The molecule has 0 saturated carbocycles. The van der Waals surface area contributed by atoms with Gasteiger partial charge in [-0.15, -0.1) is 0 Å². The molecule has 0 aliphatic rings. The highest BCUT2D eigenvalue weighted by molar-refractivity contribution is 9.10. The van der Waals surface area contributed by atoms with E-state index >= 15 is 0 Å². The number of nitriles is 1. The largest absolute Gasteiger partial charge is 0.378 e. The number of rotatable bonds is 7. The normalized spacial score (nSPS) is 10.7. The van der Waals surface area contributed by atoms with Crippen LogP contribution in [0.3, 0.4) is 0 Å². The van der Waals surface area contributed by atoms with Gasteiger partial charge in [0.15, 0.2) is 0 Å². The Morgan fingerprint density at radius 2 is 1.90 bits per heavy atom. The number of methoxy groups -OCH3 is 1. The summed E-state index contributed by atoms with van der Waals surface area (Å²) in [6, 6.07) is 17.7. The summed E-state index contributed by atoms with van der Waals surface area (Å²) in [6.45, 7) is 2.80. The molecule has 0 aliphatic heterocycles. The molecule has 0 bridgehead atoms. The second-order valence-corrected chi connectivity index (χ2v) is 7.51. The molecule has 3 rings (SSSR count). The van der Waals surface area contributed by atoms with E-state index in [2.05, 4.69) is 33.9 Å². The topological polar surface area (TPSA) is 67.9 Å². The zero-order valence-electron chi connectivity index (χ0n) is 16.5. The van der Waals surface area contributed by atoms with Crippen LogP contribution < -0.4 is 5.56 Å². The van der Waals surface area contributed by atoms with Gasteiger partial charge in [-0.05, 0) is 45.1 Å². The van der Waals surface area contributed by atoms with Crippen LogP contribution in [0.5, 0.6) is 0 Å². The van der Waals surface area contributed by atoms with E-state index in [1.54, 1.807) is 11.7 Å². The molecule has 0 atom stereocenters. The van der Waals surface area contributed by atoms with Gasteiger partial charge in [0, 0.05) is 13.5 Å². The number of aryl methyl sites for hydroxylation is 1. The van der Waals surface area contributed by atoms with Crippen LogP contribution in [0.2, 0.25) is 0 Å². The van der Waals surface area contributed by atoms with Gasteiger partial charge < -0.3 is 4.74 Å². The maximum Gasteiger partial charge on any atom is 0.268 e. The molecule has 5 nitrogen and oxygen atoms in total. The minimum absolute atomic E-state index is 0.102. The fourth-order valence-corrected chi connectivity index (χ4v) is 3.66. The summed E-state index contributed by atoms with van der Waals surface area (Å²) >= 11 is 3.38. The number of hydrogen-bond donors (Lipinski definition) is 0. The zero-order chi connectivity index (χ0) is 20.8. The first-order chi connectivity index (χ1) is 14.1. The Labute approximate surface area is 178 Å². The lowest BCUT2D eigenvalue weighted by molar-refractivity contribution is 0.180. The van der Waals surface area contributed by atoms with Crippen molar-refractivity contribution >= 4 is 15.9 Å². The van der Waals surface area contributed by atoms with Crippen LogP contribution in [-0.2, 0) is 24.3 Å². The van der Waals surface area contributed by atoms with E-state index in [0.717, 1.165) is 28.9 Å². The summed E-state index contributed by atoms with van der Waals surface area (Å²) in [4.78, 5) is 17.6. The lowest BCUT2D eigenvalue weighted by Gasteiger charge is -2.15. The molecule has 0 radical (unpaired) electrons. The summed E-state index contributed by atoms with van der Waals surface area (Å²) in [7, 11) is 1.59. The van der Waals surface area contributed by atoms with Crippen molar-refractivity contribution in [2.24, 2.45) is 0 Å². The number of halogens is 1. The molecule has 0 spiro atoms. The smallest absolute Gasteiger partial charge is 0.268 e. The minimum Gasteiger partial charge on any atom is -0.378 e. The molecule has 0 fully saturated rings. The van der Waals surface area contributed by atoms with Crippen LogP contribution in [0.15, 0.2) is 57.8 Å². The summed E-state index contributed by atoms with van der Waals surface area (Å²) < 4.78 is 7.32. The minimum atomic E-state index is -0.102. The predicted molar refractivity (Wildman–Crippen MR) is 117 cm³/mol. The second-order valence-electron chi connectivity index (χ2n) is 6.72. The zero-order valence-corrected chi connectivity index (χ0v) is 18.1. The van der Waals surface area contributed by atoms with Gasteiger partial charge in [-0.25, -0.2) is 4.98 Å². The van der Waals surface area contributed by atoms with Crippen molar-refractivity contribution in [2.75, 3.05) is 7.11 Å². The second kappa shape index (κ2) is 9.64. The fraction of sp³-hybridized carbons (Fsp3) is 0.261. The Hall–Kier alpha value is -2.75. The summed E-state index contributed by atoms with van der Waals surface area (Å²) in [5, 5.41) is 9.32. The van der Waals surface area contributed by atoms with E-state index in [1.807, 2.05) is 48.5 Å². The number of benzene rings is 2. The standard InChI is InChI=1S/C23H22BrN3O2/c1-3-6-21-26-20(15-29-2)22(24)23(28)27(21)14-16-9-11-17(12-10-16)19-8-5-4-7-18(19)13-25/h4-5,7-12H,3,6,14-15H2,1-2H3. The molecule has 6 heteroatoms. The van der Waals surface area contributed by atoms with E-state index in [0.29, 0.717) is 35.3 Å².